The van der Waals surface area contributed by atoms with E-state index >= 15 is 0 Å². The highest BCUT2D eigenvalue weighted by Crippen LogP contribution is 2.47. The monoisotopic (exact) mass is 667 g/mol. The molecule has 1 unspecified atom stereocenters. The first-order valence-electron chi connectivity index (χ1n) is 16.1. The van der Waals surface area contributed by atoms with Crippen LogP contribution in [-0.2, 0) is 39.6 Å². The van der Waals surface area contributed by atoms with Gasteiger partial charge in [0.15, 0.2) is 0 Å². The van der Waals surface area contributed by atoms with E-state index in [0.29, 0.717) is 65.3 Å². The average Bonchev–Trinajstić information content (AvgIpc) is 2.99. The van der Waals surface area contributed by atoms with Gasteiger partial charge < -0.3 is 28.9 Å². The van der Waals surface area contributed by atoms with Crippen molar-refractivity contribution in [2.45, 2.75) is 46.3 Å². The van der Waals surface area contributed by atoms with Crippen LogP contribution in [0.4, 0.5) is 4.79 Å². The fraction of sp³-hybridized carbons (Fsp3) is 0.688. The van der Waals surface area contributed by atoms with Gasteiger partial charge in [0.2, 0.25) is 7.37 Å². The van der Waals surface area contributed by atoms with E-state index in [1.807, 2.05) is 72.7 Å². The summed E-state index contributed by atoms with van der Waals surface area (Å²) in [6.45, 7) is 13.0. The molecular weight excluding hydrogens is 613 g/mol. The lowest BCUT2D eigenvalue weighted by Gasteiger charge is -2.34. The van der Waals surface area contributed by atoms with E-state index in [1.54, 1.807) is 0 Å². The van der Waals surface area contributed by atoms with Crippen molar-refractivity contribution in [1.29, 1.82) is 0 Å². The summed E-state index contributed by atoms with van der Waals surface area (Å²) in [6, 6.07) is 9.40. The van der Waals surface area contributed by atoms with E-state index in [9.17, 15) is 23.7 Å². The van der Waals surface area contributed by atoms with Crippen LogP contribution >= 0.6 is 7.37 Å². The minimum Gasteiger partial charge on any atom is -0.459 e. The number of benzene rings is 1. The summed E-state index contributed by atoms with van der Waals surface area (Å²) in [5.41, 5.74) is 0.276. The molecule has 260 valence electrons. The summed E-state index contributed by atoms with van der Waals surface area (Å²) >= 11 is 0. The Balaban J connectivity index is 2.07. The maximum absolute atomic E-state index is 14.0. The molecule has 1 aromatic rings. The summed E-state index contributed by atoms with van der Waals surface area (Å²) in [7, 11) is -3.13. The molecule has 14 heteroatoms. The molecule has 1 N–H and O–H groups in total. The second kappa shape index (κ2) is 21.3. The van der Waals surface area contributed by atoms with Crippen molar-refractivity contribution in [3.05, 3.63) is 35.9 Å². The zero-order valence-electron chi connectivity index (χ0n) is 28.1. The molecule has 0 saturated carbocycles. The molecule has 0 radical (unpaired) electrons. The van der Waals surface area contributed by atoms with Crippen LogP contribution in [0.5, 0.6) is 0 Å². The molecule has 2 rings (SSSR count). The van der Waals surface area contributed by atoms with Gasteiger partial charge in [-0.05, 0) is 39.7 Å². The van der Waals surface area contributed by atoms with Crippen LogP contribution in [0.3, 0.4) is 0 Å². The number of carbonyl (C=O) groups excluding carboxylic acids is 4. The number of ether oxygens (including phenoxy) is 2. The Labute approximate surface area is 274 Å². The normalized spacial score (nSPS) is 18.0. The molecule has 1 fully saturated rings. The van der Waals surface area contributed by atoms with Crippen molar-refractivity contribution in [3.63, 3.8) is 0 Å². The quantitative estimate of drug-likeness (QED) is 0.120. The number of nitrogens with zero attached hydrogens (tertiary/aromatic N) is 4. The third-order valence-corrected chi connectivity index (χ3v) is 9.86. The van der Waals surface area contributed by atoms with Gasteiger partial charge in [0.25, 0.3) is 0 Å². The molecule has 1 aromatic carbocycles. The zero-order valence-corrected chi connectivity index (χ0v) is 29.0. The standard InChI is InChI=1S/C32H54N5O8P/c1-5-44-46(42,25-9-12-33-31(41)43-27-29-10-7-6-8-11-29)28-37-19-16-35(22-24-39)14-13-34(21-23-38)15-17-36(18-20-37)26-30(40)45-32(2,3)4/h6-8,10-11,23-24H,5,9,12-22,25-28H2,1-4H3,(H,33,41). The van der Waals surface area contributed by atoms with Gasteiger partial charge in [-0.25, -0.2) is 4.79 Å². The number of carbonyl (C=O) groups is 4. The van der Waals surface area contributed by atoms with E-state index in [1.165, 1.54) is 0 Å². The van der Waals surface area contributed by atoms with Crippen LogP contribution in [0, 0.1) is 0 Å². The first kappa shape index (κ1) is 39.5. The SMILES string of the molecule is CCOP(=O)(CCCNC(=O)OCc1ccccc1)CN1CCN(CC=O)CCN(CC=O)CCN(CC(=O)OC(C)(C)C)CC1. The number of hydrogen-bond donors (Lipinski definition) is 1. The van der Waals surface area contributed by atoms with Crippen LogP contribution in [0.15, 0.2) is 30.3 Å². The Morgan fingerprint density at radius 2 is 1.41 bits per heavy atom. The van der Waals surface area contributed by atoms with Crippen molar-refractivity contribution in [1.82, 2.24) is 24.9 Å². The highest BCUT2D eigenvalue weighted by molar-refractivity contribution is 7.58. The second-order valence-electron chi connectivity index (χ2n) is 12.4. The number of rotatable bonds is 16. The van der Waals surface area contributed by atoms with Gasteiger partial charge in [-0.2, -0.15) is 0 Å². The smallest absolute Gasteiger partial charge is 0.407 e. The summed E-state index contributed by atoms with van der Waals surface area (Å²) in [4.78, 5) is 55.8. The van der Waals surface area contributed by atoms with Gasteiger partial charge in [-0.15, -0.1) is 0 Å². The number of esters is 1. The number of hydrogen-bond acceptors (Lipinski definition) is 12. The van der Waals surface area contributed by atoms with E-state index in [2.05, 4.69) is 10.2 Å². The minimum atomic E-state index is -3.13. The zero-order chi connectivity index (χ0) is 33.8. The number of aldehydes is 2. The molecule has 1 aliphatic heterocycles. The predicted molar refractivity (Wildman–Crippen MR) is 177 cm³/mol. The Bertz CT molecular complexity index is 1100. The van der Waals surface area contributed by atoms with Gasteiger partial charge >= 0.3 is 12.1 Å². The molecule has 46 heavy (non-hydrogen) atoms. The van der Waals surface area contributed by atoms with E-state index in [-0.39, 0.29) is 51.3 Å². The maximum atomic E-state index is 14.0. The van der Waals surface area contributed by atoms with Crippen molar-refractivity contribution < 1.29 is 37.7 Å². The molecule has 1 heterocycles. The van der Waals surface area contributed by atoms with Crippen molar-refractivity contribution in [2.24, 2.45) is 0 Å². The maximum Gasteiger partial charge on any atom is 0.407 e. The molecule has 1 saturated heterocycles. The molecule has 13 nitrogen and oxygen atoms in total. The van der Waals surface area contributed by atoms with Gasteiger partial charge in [0.05, 0.1) is 32.5 Å². The molecule has 0 aromatic heterocycles. The summed E-state index contributed by atoms with van der Waals surface area (Å²) in [6.07, 6.45) is 2.11. The molecule has 1 atom stereocenters. The fourth-order valence-corrected chi connectivity index (χ4v) is 7.37. The molecule has 1 aliphatic rings. The van der Waals surface area contributed by atoms with Crippen LogP contribution in [0.25, 0.3) is 0 Å². The van der Waals surface area contributed by atoms with Crippen molar-refractivity contribution in [3.8, 4) is 0 Å². The lowest BCUT2D eigenvalue weighted by atomic mass is 10.2. The molecular formula is C32H54N5O8P. The molecule has 0 bridgehead atoms. The van der Waals surface area contributed by atoms with Gasteiger partial charge in [-0.1, -0.05) is 30.3 Å². The van der Waals surface area contributed by atoms with Crippen molar-refractivity contribution in [2.75, 3.05) is 97.6 Å². The van der Waals surface area contributed by atoms with Crippen molar-refractivity contribution >= 4 is 32.0 Å². The summed E-state index contributed by atoms with van der Waals surface area (Å²) in [5, 5.41) is 2.72. The molecule has 0 spiro atoms. The van der Waals surface area contributed by atoms with Gasteiger partial charge in [-0.3, -0.25) is 29.0 Å². The Morgan fingerprint density at radius 1 is 0.870 bits per heavy atom. The number of amides is 1. The molecule has 1 amide bonds. The van der Waals surface area contributed by atoms with Crippen LogP contribution in [0.2, 0.25) is 0 Å². The van der Waals surface area contributed by atoms with Gasteiger partial charge in [0, 0.05) is 65.1 Å². The first-order chi connectivity index (χ1) is 21.9. The minimum absolute atomic E-state index is 0.0898. The van der Waals surface area contributed by atoms with E-state index < -0.39 is 19.1 Å². The number of alkyl carbamates (subject to hydrolysis) is 1. The Kier molecular flexibility index (Phi) is 18.3. The topological polar surface area (TPSA) is 138 Å². The summed E-state index contributed by atoms with van der Waals surface area (Å²) < 4.78 is 30.7. The Morgan fingerprint density at radius 3 is 1.93 bits per heavy atom. The fourth-order valence-electron chi connectivity index (χ4n) is 5.01. The predicted octanol–water partition coefficient (Wildman–Crippen LogP) is 2.54. The highest BCUT2D eigenvalue weighted by atomic mass is 31.2. The second-order valence-corrected chi connectivity index (χ2v) is 15.0. The van der Waals surface area contributed by atoms with Crippen LogP contribution in [0.1, 0.15) is 39.7 Å². The van der Waals surface area contributed by atoms with Crippen LogP contribution < -0.4 is 5.32 Å². The molecule has 0 aliphatic carbocycles. The average molecular weight is 668 g/mol. The van der Waals surface area contributed by atoms with E-state index in [4.69, 9.17) is 14.0 Å². The third-order valence-electron chi connectivity index (χ3n) is 7.31. The Hall–Kier alpha value is -2.67. The highest BCUT2D eigenvalue weighted by Gasteiger charge is 2.28. The van der Waals surface area contributed by atoms with E-state index in [0.717, 1.165) is 18.1 Å². The van der Waals surface area contributed by atoms with Crippen LogP contribution in [-0.4, -0.2) is 147 Å². The summed E-state index contributed by atoms with van der Waals surface area (Å²) in [5.74, 6) is -0.333. The lowest BCUT2D eigenvalue weighted by molar-refractivity contribution is -0.156. The third kappa shape index (κ3) is 17.3. The largest absolute Gasteiger partial charge is 0.459 e. The number of nitrogens with one attached hydrogen (secondary N) is 1. The first-order valence-corrected chi connectivity index (χ1v) is 18.1. The lowest BCUT2D eigenvalue weighted by Crippen LogP contribution is -2.48. The van der Waals surface area contributed by atoms with Gasteiger partial charge in [0.1, 0.15) is 24.8 Å².